The first-order valence-electron chi connectivity index (χ1n) is 9.81. The molecule has 3 aromatic rings. The summed E-state index contributed by atoms with van der Waals surface area (Å²) in [6.45, 7) is 3.81. The number of hydrogen-bond donors (Lipinski definition) is 1. The highest BCUT2D eigenvalue weighted by Gasteiger charge is 2.13. The van der Waals surface area contributed by atoms with Gasteiger partial charge in [0, 0.05) is 25.3 Å². The van der Waals surface area contributed by atoms with Gasteiger partial charge in [0.25, 0.3) is 5.91 Å². The predicted molar refractivity (Wildman–Crippen MR) is 114 cm³/mol. The van der Waals surface area contributed by atoms with Gasteiger partial charge in [-0.25, -0.2) is 0 Å². The van der Waals surface area contributed by atoms with E-state index >= 15 is 0 Å². The van der Waals surface area contributed by atoms with Gasteiger partial charge in [0.15, 0.2) is 0 Å². The lowest BCUT2D eigenvalue weighted by molar-refractivity contribution is 0.0948. The Labute approximate surface area is 170 Å². The number of carbonyl (C=O) groups excluding carboxylic acids is 1. The zero-order chi connectivity index (χ0) is 19.9. The van der Waals surface area contributed by atoms with Crippen LogP contribution in [0, 0.1) is 0 Å². The van der Waals surface area contributed by atoms with Crippen molar-refractivity contribution >= 4 is 11.6 Å². The third-order valence-electron chi connectivity index (χ3n) is 4.87. The van der Waals surface area contributed by atoms with Crippen molar-refractivity contribution in [2.45, 2.75) is 6.54 Å². The van der Waals surface area contributed by atoms with E-state index in [1.807, 2.05) is 42.5 Å². The number of benzene rings is 3. The van der Waals surface area contributed by atoms with Gasteiger partial charge in [0.1, 0.15) is 11.5 Å². The first kappa shape index (κ1) is 19.0. The largest absolute Gasteiger partial charge is 0.457 e. The topological polar surface area (TPSA) is 50.8 Å². The van der Waals surface area contributed by atoms with Crippen LogP contribution in [0.4, 0.5) is 5.69 Å². The van der Waals surface area contributed by atoms with Crippen LogP contribution >= 0.6 is 0 Å². The fourth-order valence-corrected chi connectivity index (χ4v) is 3.28. The highest BCUT2D eigenvalue weighted by Crippen LogP contribution is 2.25. The van der Waals surface area contributed by atoms with Crippen molar-refractivity contribution in [3.8, 4) is 11.5 Å². The van der Waals surface area contributed by atoms with Crippen LogP contribution in [-0.4, -0.2) is 32.2 Å². The molecule has 0 aromatic heterocycles. The number of amides is 1. The van der Waals surface area contributed by atoms with Crippen molar-refractivity contribution in [3.05, 3.63) is 90.0 Å². The molecule has 5 nitrogen and oxygen atoms in total. The van der Waals surface area contributed by atoms with Gasteiger partial charge < -0.3 is 19.7 Å². The molecule has 148 valence electrons. The number of nitrogens with zero attached hydrogens (tertiary/aromatic N) is 1. The van der Waals surface area contributed by atoms with Crippen LogP contribution in [-0.2, 0) is 11.3 Å². The van der Waals surface area contributed by atoms with Gasteiger partial charge >= 0.3 is 0 Å². The molecule has 0 atom stereocenters. The van der Waals surface area contributed by atoms with Crippen molar-refractivity contribution in [1.82, 2.24) is 5.32 Å². The molecule has 5 heteroatoms. The molecule has 29 heavy (non-hydrogen) atoms. The molecular weight excluding hydrogens is 364 g/mol. The molecule has 1 N–H and O–H groups in total. The minimum atomic E-state index is -0.159. The minimum Gasteiger partial charge on any atom is -0.457 e. The molecule has 0 aliphatic carbocycles. The zero-order valence-electron chi connectivity index (χ0n) is 16.2. The lowest BCUT2D eigenvalue weighted by Gasteiger charge is -2.28. The van der Waals surface area contributed by atoms with Crippen LogP contribution in [0.5, 0.6) is 11.5 Å². The zero-order valence-corrected chi connectivity index (χ0v) is 16.2. The van der Waals surface area contributed by atoms with Crippen molar-refractivity contribution in [2.75, 3.05) is 31.2 Å². The molecule has 1 aliphatic heterocycles. The monoisotopic (exact) mass is 388 g/mol. The molecule has 1 heterocycles. The molecule has 0 saturated carbocycles. The van der Waals surface area contributed by atoms with E-state index in [9.17, 15) is 4.79 Å². The maximum absolute atomic E-state index is 12.7. The Hall–Kier alpha value is -3.31. The number of rotatable bonds is 6. The van der Waals surface area contributed by atoms with Crippen LogP contribution in [0.25, 0.3) is 0 Å². The lowest BCUT2D eigenvalue weighted by Crippen LogP contribution is -2.36. The van der Waals surface area contributed by atoms with E-state index in [1.165, 1.54) is 5.69 Å². The molecule has 1 aliphatic rings. The van der Waals surface area contributed by atoms with Gasteiger partial charge in [-0.05, 0) is 42.0 Å². The molecule has 4 rings (SSSR count). The summed E-state index contributed by atoms with van der Waals surface area (Å²) in [6.07, 6.45) is 0. The van der Waals surface area contributed by atoms with Crippen LogP contribution in [0.1, 0.15) is 15.9 Å². The number of para-hydroxylation sites is 2. The molecule has 3 aromatic carbocycles. The van der Waals surface area contributed by atoms with Gasteiger partial charge in [-0.3, -0.25) is 4.79 Å². The summed E-state index contributed by atoms with van der Waals surface area (Å²) >= 11 is 0. The molecule has 0 bridgehead atoms. The highest BCUT2D eigenvalue weighted by molar-refractivity contribution is 5.97. The summed E-state index contributed by atoms with van der Waals surface area (Å²) in [4.78, 5) is 15.0. The summed E-state index contributed by atoms with van der Waals surface area (Å²) < 4.78 is 11.3. The minimum absolute atomic E-state index is 0.159. The molecule has 1 saturated heterocycles. The Morgan fingerprint density at radius 2 is 1.59 bits per heavy atom. The summed E-state index contributed by atoms with van der Waals surface area (Å²) in [7, 11) is 0. The third kappa shape index (κ3) is 4.95. The Morgan fingerprint density at radius 1 is 0.897 bits per heavy atom. The van der Waals surface area contributed by atoms with Gasteiger partial charge in [-0.1, -0.05) is 42.5 Å². The van der Waals surface area contributed by atoms with E-state index in [-0.39, 0.29) is 5.91 Å². The molecular formula is C24H24N2O3. The maximum atomic E-state index is 12.7. The summed E-state index contributed by atoms with van der Waals surface area (Å²) in [6, 6.07) is 25.0. The number of carbonyl (C=O) groups is 1. The number of hydrogen-bond acceptors (Lipinski definition) is 4. The van der Waals surface area contributed by atoms with E-state index in [2.05, 4.69) is 34.5 Å². The molecule has 1 amide bonds. The first-order valence-corrected chi connectivity index (χ1v) is 9.81. The van der Waals surface area contributed by atoms with E-state index in [0.717, 1.165) is 31.9 Å². The second kappa shape index (κ2) is 9.26. The molecule has 1 fully saturated rings. The van der Waals surface area contributed by atoms with E-state index in [4.69, 9.17) is 9.47 Å². The predicted octanol–water partition coefficient (Wildman–Crippen LogP) is 4.25. The lowest BCUT2D eigenvalue weighted by atomic mass is 10.1. The maximum Gasteiger partial charge on any atom is 0.255 e. The average molecular weight is 388 g/mol. The van der Waals surface area contributed by atoms with Crippen molar-refractivity contribution in [2.24, 2.45) is 0 Å². The normalized spacial score (nSPS) is 13.7. The van der Waals surface area contributed by atoms with Gasteiger partial charge in [-0.2, -0.15) is 0 Å². The highest BCUT2D eigenvalue weighted by atomic mass is 16.5. The van der Waals surface area contributed by atoms with Crippen LogP contribution in [0.3, 0.4) is 0 Å². The summed E-state index contributed by atoms with van der Waals surface area (Å²) in [5.41, 5.74) is 2.75. The quantitative estimate of drug-likeness (QED) is 0.686. The fraction of sp³-hybridized carbons (Fsp3) is 0.208. The van der Waals surface area contributed by atoms with Crippen molar-refractivity contribution in [3.63, 3.8) is 0 Å². The van der Waals surface area contributed by atoms with E-state index in [1.54, 1.807) is 12.1 Å². The first-order chi connectivity index (χ1) is 14.3. The van der Waals surface area contributed by atoms with Crippen molar-refractivity contribution in [1.29, 1.82) is 0 Å². The van der Waals surface area contributed by atoms with Gasteiger partial charge in [0.05, 0.1) is 18.8 Å². The Balaban J connectivity index is 1.38. The summed E-state index contributed by atoms with van der Waals surface area (Å²) in [5.74, 6) is 1.08. The standard InChI is InChI=1S/C24H24N2O3/c27-24(22-8-4-5-9-23(22)29-21-6-2-1-3-7-21)25-18-19-10-12-20(13-11-19)26-14-16-28-17-15-26/h1-13H,14-18H2,(H,25,27). The third-order valence-corrected chi connectivity index (χ3v) is 4.87. The number of anilines is 1. The molecule has 0 unspecified atom stereocenters. The number of morpholine rings is 1. The Kier molecular flexibility index (Phi) is 6.07. The van der Waals surface area contributed by atoms with E-state index in [0.29, 0.717) is 23.6 Å². The fourth-order valence-electron chi connectivity index (χ4n) is 3.28. The second-order valence-electron chi connectivity index (χ2n) is 6.86. The Bertz CT molecular complexity index is 936. The second-order valence-corrected chi connectivity index (χ2v) is 6.86. The number of ether oxygens (including phenoxy) is 2. The van der Waals surface area contributed by atoms with Crippen LogP contribution in [0.15, 0.2) is 78.9 Å². The van der Waals surface area contributed by atoms with E-state index < -0.39 is 0 Å². The van der Waals surface area contributed by atoms with Crippen LogP contribution < -0.4 is 15.0 Å². The van der Waals surface area contributed by atoms with Gasteiger partial charge in [0.2, 0.25) is 0 Å². The number of nitrogens with one attached hydrogen (secondary N) is 1. The average Bonchev–Trinajstić information content (AvgIpc) is 2.79. The SMILES string of the molecule is O=C(NCc1ccc(N2CCOCC2)cc1)c1ccccc1Oc1ccccc1. The molecule has 0 spiro atoms. The summed E-state index contributed by atoms with van der Waals surface area (Å²) in [5, 5.41) is 2.99. The Morgan fingerprint density at radius 3 is 2.34 bits per heavy atom. The smallest absolute Gasteiger partial charge is 0.255 e. The molecule has 0 radical (unpaired) electrons. The van der Waals surface area contributed by atoms with Gasteiger partial charge in [-0.15, -0.1) is 0 Å². The van der Waals surface area contributed by atoms with Crippen LogP contribution in [0.2, 0.25) is 0 Å². The van der Waals surface area contributed by atoms with Crippen molar-refractivity contribution < 1.29 is 14.3 Å².